The molecule has 8 nitrogen and oxygen atoms in total. The number of nitrogens with zero attached hydrogens (tertiary/aromatic N) is 4. The summed E-state index contributed by atoms with van der Waals surface area (Å²) in [6.07, 6.45) is 3.58. The van der Waals surface area contributed by atoms with Gasteiger partial charge in [0, 0.05) is 38.3 Å². The third-order valence-electron chi connectivity index (χ3n) is 3.72. The van der Waals surface area contributed by atoms with Crippen molar-refractivity contribution in [2.24, 2.45) is 7.05 Å². The molecule has 27 heavy (non-hydrogen) atoms. The predicted molar refractivity (Wildman–Crippen MR) is 101 cm³/mol. The fraction of sp³-hybridized carbons (Fsp3) is 0.235. The molecule has 0 spiro atoms. The molecule has 0 unspecified atom stereocenters. The lowest BCUT2D eigenvalue weighted by atomic mass is 10.2. The Morgan fingerprint density at radius 1 is 1.26 bits per heavy atom. The molecule has 0 N–H and O–H groups in total. The van der Waals surface area contributed by atoms with Gasteiger partial charge >= 0.3 is 5.97 Å². The molecule has 10 heteroatoms. The number of aryl methyl sites for hydroxylation is 1. The third-order valence-corrected chi connectivity index (χ3v) is 6.49. The molecule has 0 aliphatic rings. The van der Waals surface area contributed by atoms with Crippen LogP contribution < -0.4 is 0 Å². The number of carbonyl (C=O) groups excluding carboxylic acids is 1. The minimum atomic E-state index is -3.53. The second-order valence-corrected chi connectivity index (χ2v) is 8.94. The van der Waals surface area contributed by atoms with Gasteiger partial charge in [0.05, 0.1) is 22.3 Å². The van der Waals surface area contributed by atoms with Crippen molar-refractivity contribution >= 4 is 27.3 Å². The van der Waals surface area contributed by atoms with E-state index in [1.807, 2.05) is 18.6 Å². The number of hydrogen-bond acceptors (Lipinski definition) is 7. The van der Waals surface area contributed by atoms with Gasteiger partial charge in [-0.25, -0.2) is 22.5 Å². The zero-order valence-electron chi connectivity index (χ0n) is 15.0. The average molecular weight is 406 g/mol. The van der Waals surface area contributed by atoms with Crippen molar-refractivity contribution < 1.29 is 17.9 Å². The second kappa shape index (κ2) is 7.59. The van der Waals surface area contributed by atoms with E-state index in [2.05, 4.69) is 10.1 Å². The van der Waals surface area contributed by atoms with Crippen LogP contribution in [0.15, 0.2) is 46.9 Å². The van der Waals surface area contributed by atoms with Crippen LogP contribution in [0.1, 0.15) is 16.1 Å². The van der Waals surface area contributed by atoms with E-state index in [1.54, 1.807) is 10.9 Å². The number of benzene rings is 1. The van der Waals surface area contributed by atoms with Gasteiger partial charge < -0.3 is 4.74 Å². The number of aromatic nitrogens is 3. The standard InChI is InChI=1S/C17H18N4O4S2/c1-20(2)27(23,24)15-6-4-12(5-7-15)17(22)25-10-14-11-26-16(19-14)13-8-18-21(3)9-13/h4-9,11H,10H2,1-3H3. The Hall–Kier alpha value is -2.56. The minimum Gasteiger partial charge on any atom is -0.456 e. The summed E-state index contributed by atoms with van der Waals surface area (Å²) < 4.78 is 32.2. The number of sulfonamides is 1. The Morgan fingerprint density at radius 3 is 2.56 bits per heavy atom. The van der Waals surface area contributed by atoms with E-state index >= 15 is 0 Å². The van der Waals surface area contributed by atoms with Crippen molar-refractivity contribution in [2.75, 3.05) is 14.1 Å². The Bertz CT molecular complexity index is 1050. The Morgan fingerprint density at radius 2 is 1.96 bits per heavy atom. The lowest BCUT2D eigenvalue weighted by Crippen LogP contribution is -2.22. The van der Waals surface area contributed by atoms with Crippen LogP contribution in [0.25, 0.3) is 10.6 Å². The van der Waals surface area contributed by atoms with Crippen LogP contribution in [-0.4, -0.2) is 47.6 Å². The molecule has 0 aliphatic heterocycles. The first-order chi connectivity index (χ1) is 12.8. The molecule has 0 atom stereocenters. The molecule has 3 rings (SSSR count). The molecule has 0 fully saturated rings. The Labute approximate surface area is 161 Å². The molecule has 0 amide bonds. The summed E-state index contributed by atoms with van der Waals surface area (Å²) >= 11 is 1.44. The maximum absolute atomic E-state index is 12.2. The molecule has 0 saturated carbocycles. The van der Waals surface area contributed by atoms with E-state index in [0.29, 0.717) is 5.69 Å². The lowest BCUT2D eigenvalue weighted by Gasteiger charge is -2.11. The number of rotatable bonds is 6. The topological polar surface area (TPSA) is 94.4 Å². The molecule has 0 radical (unpaired) electrons. The van der Waals surface area contributed by atoms with Gasteiger partial charge in [0.15, 0.2) is 0 Å². The maximum Gasteiger partial charge on any atom is 0.338 e. The van der Waals surface area contributed by atoms with Crippen LogP contribution in [0.4, 0.5) is 0 Å². The fourth-order valence-electron chi connectivity index (χ4n) is 2.23. The SMILES string of the molecule is CN(C)S(=O)(=O)c1ccc(C(=O)OCc2csc(-c3cnn(C)c3)n2)cc1. The first-order valence-corrected chi connectivity index (χ1v) is 10.2. The van der Waals surface area contributed by atoms with Gasteiger partial charge in [-0.15, -0.1) is 11.3 Å². The van der Waals surface area contributed by atoms with Gasteiger partial charge in [-0.3, -0.25) is 4.68 Å². The monoisotopic (exact) mass is 406 g/mol. The largest absolute Gasteiger partial charge is 0.456 e. The highest BCUT2D eigenvalue weighted by molar-refractivity contribution is 7.89. The van der Waals surface area contributed by atoms with E-state index < -0.39 is 16.0 Å². The molecule has 2 heterocycles. The van der Waals surface area contributed by atoms with E-state index in [0.717, 1.165) is 14.9 Å². The van der Waals surface area contributed by atoms with Crippen molar-refractivity contribution in [3.8, 4) is 10.6 Å². The van der Waals surface area contributed by atoms with Crippen molar-refractivity contribution in [1.29, 1.82) is 0 Å². The van der Waals surface area contributed by atoms with E-state index in [1.165, 1.54) is 49.7 Å². The maximum atomic E-state index is 12.2. The Kier molecular flexibility index (Phi) is 5.40. The zero-order valence-corrected chi connectivity index (χ0v) is 16.6. The highest BCUT2D eigenvalue weighted by Crippen LogP contribution is 2.23. The molecule has 142 valence electrons. The molecule has 0 aliphatic carbocycles. The zero-order chi connectivity index (χ0) is 19.6. The van der Waals surface area contributed by atoms with Gasteiger partial charge in [-0.2, -0.15) is 5.10 Å². The first kappa shape index (κ1) is 19.2. The molecule has 0 bridgehead atoms. The molecule has 3 aromatic rings. The smallest absolute Gasteiger partial charge is 0.338 e. The van der Waals surface area contributed by atoms with Gasteiger partial charge in [0.25, 0.3) is 0 Å². The highest BCUT2D eigenvalue weighted by Gasteiger charge is 2.18. The van der Waals surface area contributed by atoms with Gasteiger partial charge in [0.1, 0.15) is 11.6 Å². The summed E-state index contributed by atoms with van der Waals surface area (Å²) in [6, 6.07) is 5.63. The molecule has 0 saturated heterocycles. The molecule has 1 aromatic carbocycles. The second-order valence-electron chi connectivity index (χ2n) is 5.93. The van der Waals surface area contributed by atoms with Crippen LogP contribution in [0.5, 0.6) is 0 Å². The summed E-state index contributed by atoms with van der Waals surface area (Å²) in [5, 5.41) is 6.72. The average Bonchev–Trinajstić information content (AvgIpc) is 3.28. The van der Waals surface area contributed by atoms with Crippen molar-refractivity contribution in [3.63, 3.8) is 0 Å². The lowest BCUT2D eigenvalue weighted by molar-refractivity contribution is 0.0468. The Balaban J connectivity index is 1.64. The van der Waals surface area contributed by atoms with Gasteiger partial charge in [-0.1, -0.05) is 0 Å². The van der Waals surface area contributed by atoms with E-state index in [4.69, 9.17) is 4.74 Å². The molecule has 2 aromatic heterocycles. The van der Waals surface area contributed by atoms with Gasteiger partial charge in [0.2, 0.25) is 10.0 Å². The van der Waals surface area contributed by atoms with Crippen LogP contribution in [0.3, 0.4) is 0 Å². The van der Waals surface area contributed by atoms with Crippen molar-refractivity contribution in [1.82, 2.24) is 19.1 Å². The number of hydrogen-bond donors (Lipinski definition) is 0. The van der Waals surface area contributed by atoms with Crippen LogP contribution >= 0.6 is 11.3 Å². The normalized spacial score (nSPS) is 11.7. The number of carbonyl (C=O) groups is 1. The van der Waals surface area contributed by atoms with Crippen molar-refractivity contribution in [3.05, 3.63) is 53.3 Å². The highest BCUT2D eigenvalue weighted by atomic mass is 32.2. The van der Waals surface area contributed by atoms with Crippen LogP contribution in [0.2, 0.25) is 0 Å². The first-order valence-electron chi connectivity index (χ1n) is 7.90. The molecular formula is C17H18N4O4S2. The van der Waals surface area contributed by atoms with Crippen LogP contribution in [0, 0.1) is 0 Å². The minimum absolute atomic E-state index is 0.0351. The summed E-state index contributed by atoms with van der Waals surface area (Å²) in [4.78, 5) is 16.7. The third kappa shape index (κ3) is 4.24. The number of esters is 1. The summed E-state index contributed by atoms with van der Waals surface area (Å²) in [5.74, 6) is -0.542. The van der Waals surface area contributed by atoms with E-state index in [-0.39, 0.29) is 17.1 Å². The summed E-state index contributed by atoms with van der Waals surface area (Å²) in [6.45, 7) is 0.0351. The summed E-state index contributed by atoms with van der Waals surface area (Å²) in [5.41, 5.74) is 1.81. The van der Waals surface area contributed by atoms with Crippen molar-refractivity contribution in [2.45, 2.75) is 11.5 Å². The quantitative estimate of drug-likeness (QED) is 0.582. The van der Waals surface area contributed by atoms with Gasteiger partial charge in [-0.05, 0) is 24.3 Å². The van der Waals surface area contributed by atoms with Crippen LogP contribution in [-0.2, 0) is 28.4 Å². The summed E-state index contributed by atoms with van der Waals surface area (Å²) in [7, 11) is 1.20. The van der Waals surface area contributed by atoms with E-state index in [9.17, 15) is 13.2 Å². The predicted octanol–water partition coefficient (Wildman–Crippen LogP) is 2.15. The molecular weight excluding hydrogens is 388 g/mol. The fourth-order valence-corrected chi connectivity index (χ4v) is 3.92. The number of thiazole rings is 1. The number of ether oxygens (including phenoxy) is 1.